The Kier molecular flexibility index (Phi) is 5.35. The Morgan fingerprint density at radius 1 is 1.11 bits per heavy atom. The van der Waals surface area contributed by atoms with Crippen molar-refractivity contribution in [2.45, 2.75) is 50.0 Å². The molecule has 148 valence electrons. The SMILES string of the molecule is Cl.O=C(Nc1ccccc1)Oc1ccc2c(c1)C13CCCCC1C(C2)NCC3. The summed E-state index contributed by atoms with van der Waals surface area (Å²) >= 11 is 0. The van der Waals surface area contributed by atoms with Crippen LogP contribution in [0.25, 0.3) is 0 Å². The molecule has 1 saturated carbocycles. The van der Waals surface area contributed by atoms with Crippen molar-refractivity contribution in [2.24, 2.45) is 5.92 Å². The molecule has 5 heteroatoms. The lowest BCUT2D eigenvalue weighted by Gasteiger charge is -2.56. The number of nitrogens with one attached hydrogen (secondary N) is 2. The second-order valence-corrected chi connectivity index (χ2v) is 8.22. The molecule has 1 saturated heterocycles. The highest BCUT2D eigenvalue weighted by molar-refractivity contribution is 5.86. The Morgan fingerprint density at radius 3 is 2.82 bits per heavy atom. The number of carbonyl (C=O) groups is 1. The molecule has 2 fully saturated rings. The monoisotopic (exact) mass is 398 g/mol. The molecule has 1 aliphatic heterocycles. The van der Waals surface area contributed by atoms with Gasteiger partial charge in [-0.25, -0.2) is 4.79 Å². The molecule has 3 atom stereocenters. The van der Waals surface area contributed by atoms with Crippen LogP contribution in [0.1, 0.15) is 43.2 Å². The first-order chi connectivity index (χ1) is 13.2. The average Bonchev–Trinajstić information content (AvgIpc) is 2.69. The quantitative estimate of drug-likeness (QED) is 0.742. The fraction of sp³-hybridized carbons (Fsp3) is 0.435. The van der Waals surface area contributed by atoms with E-state index in [1.807, 2.05) is 36.4 Å². The van der Waals surface area contributed by atoms with E-state index in [4.69, 9.17) is 4.74 Å². The number of hydrogen-bond acceptors (Lipinski definition) is 3. The summed E-state index contributed by atoms with van der Waals surface area (Å²) in [7, 11) is 0. The normalized spacial score (nSPS) is 27.6. The standard InChI is InChI=1S/C23H26N2O2.ClH/c26-22(25-17-6-2-1-3-7-17)27-18-10-9-16-14-21-19-8-4-5-11-23(19,12-13-24-21)20(16)15-18;/h1-3,6-7,9-10,15,19,21,24H,4-5,8,11-14H2,(H,25,26);1H. The van der Waals surface area contributed by atoms with Crippen LogP contribution < -0.4 is 15.4 Å². The number of halogens is 1. The van der Waals surface area contributed by atoms with Crippen molar-refractivity contribution in [3.05, 3.63) is 59.7 Å². The molecule has 2 N–H and O–H groups in total. The maximum atomic E-state index is 12.3. The van der Waals surface area contributed by atoms with E-state index in [0.29, 0.717) is 11.8 Å². The van der Waals surface area contributed by atoms with E-state index < -0.39 is 6.09 Å². The second kappa shape index (κ2) is 7.76. The summed E-state index contributed by atoms with van der Waals surface area (Å²) in [6.07, 6.45) is 7.09. The zero-order chi connectivity index (χ0) is 18.3. The number of piperidine rings is 1. The van der Waals surface area contributed by atoms with Crippen molar-refractivity contribution in [1.82, 2.24) is 5.32 Å². The highest BCUT2D eigenvalue weighted by Crippen LogP contribution is 2.54. The molecule has 2 aromatic rings. The van der Waals surface area contributed by atoms with Gasteiger partial charge in [-0.15, -0.1) is 12.4 Å². The second-order valence-electron chi connectivity index (χ2n) is 8.22. The molecule has 0 aromatic heterocycles. The topological polar surface area (TPSA) is 50.4 Å². The Hall–Kier alpha value is -2.04. The molecule has 2 bridgehead atoms. The summed E-state index contributed by atoms with van der Waals surface area (Å²) in [5.74, 6) is 1.37. The van der Waals surface area contributed by atoms with Crippen molar-refractivity contribution >= 4 is 24.2 Å². The minimum atomic E-state index is -0.433. The number of fused-ring (bicyclic) bond motifs is 1. The van der Waals surface area contributed by atoms with Crippen molar-refractivity contribution in [3.8, 4) is 5.75 Å². The molecule has 2 aliphatic carbocycles. The fourth-order valence-corrected chi connectivity index (χ4v) is 5.74. The van der Waals surface area contributed by atoms with Gasteiger partial charge in [0.05, 0.1) is 0 Å². The third-order valence-corrected chi connectivity index (χ3v) is 6.85. The van der Waals surface area contributed by atoms with Crippen LogP contribution in [0.5, 0.6) is 5.75 Å². The summed E-state index contributed by atoms with van der Waals surface area (Å²) in [6.45, 7) is 1.10. The highest BCUT2D eigenvalue weighted by Gasteiger charge is 2.51. The summed E-state index contributed by atoms with van der Waals surface area (Å²) in [5, 5.41) is 6.56. The van der Waals surface area contributed by atoms with Gasteiger partial charge in [-0.05, 0) is 73.5 Å². The van der Waals surface area contributed by atoms with Gasteiger partial charge in [0.2, 0.25) is 0 Å². The Bertz CT molecular complexity index is 853. The van der Waals surface area contributed by atoms with E-state index in [9.17, 15) is 4.79 Å². The van der Waals surface area contributed by atoms with Crippen LogP contribution in [-0.2, 0) is 11.8 Å². The number of para-hydroxylation sites is 1. The Labute approximate surface area is 172 Å². The summed E-state index contributed by atoms with van der Waals surface area (Å²) in [6, 6.07) is 16.3. The lowest BCUT2D eigenvalue weighted by Crippen LogP contribution is -2.59. The summed E-state index contributed by atoms with van der Waals surface area (Å²) < 4.78 is 5.63. The number of carbonyl (C=O) groups excluding carboxylic acids is 1. The third-order valence-electron chi connectivity index (χ3n) is 6.85. The maximum absolute atomic E-state index is 12.3. The highest BCUT2D eigenvalue weighted by atomic mass is 35.5. The van der Waals surface area contributed by atoms with Crippen LogP contribution in [0.2, 0.25) is 0 Å². The zero-order valence-corrected chi connectivity index (χ0v) is 16.8. The molecule has 3 aliphatic rings. The van der Waals surface area contributed by atoms with Crippen molar-refractivity contribution in [1.29, 1.82) is 0 Å². The van der Waals surface area contributed by atoms with E-state index in [2.05, 4.69) is 22.8 Å². The van der Waals surface area contributed by atoms with E-state index >= 15 is 0 Å². The average molecular weight is 399 g/mol. The van der Waals surface area contributed by atoms with Gasteiger partial charge in [0, 0.05) is 17.1 Å². The molecule has 5 rings (SSSR count). The fourth-order valence-electron chi connectivity index (χ4n) is 5.74. The van der Waals surface area contributed by atoms with Crippen LogP contribution >= 0.6 is 12.4 Å². The largest absolute Gasteiger partial charge is 0.417 e. The van der Waals surface area contributed by atoms with Crippen LogP contribution in [0.15, 0.2) is 48.5 Å². The molecule has 1 amide bonds. The van der Waals surface area contributed by atoms with E-state index in [1.54, 1.807) is 0 Å². The van der Waals surface area contributed by atoms with Gasteiger partial charge in [0.15, 0.2) is 0 Å². The molecule has 3 unspecified atom stereocenters. The molecule has 0 spiro atoms. The molecule has 2 aromatic carbocycles. The minimum absolute atomic E-state index is 0. The van der Waals surface area contributed by atoms with Gasteiger partial charge < -0.3 is 10.1 Å². The minimum Gasteiger partial charge on any atom is -0.410 e. The molecule has 1 heterocycles. The van der Waals surface area contributed by atoms with E-state index in [0.717, 1.165) is 24.6 Å². The van der Waals surface area contributed by atoms with Crippen LogP contribution in [0, 0.1) is 5.92 Å². The van der Waals surface area contributed by atoms with Crippen molar-refractivity contribution in [2.75, 3.05) is 11.9 Å². The first kappa shape index (κ1) is 19.3. The molecular weight excluding hydrogens is 372 g/mol. The number of hydrogen-bond donors (Lipinski definition) is 2. The van der Waals surface area contributed by atoms with E-state index in [1.165, 1.54) is 43.2 Å². The molecule has 28 heavy (non-hydrogen) atoms. The van der Waals surface area contributed by atoms with Crippen molar-refractivity contribution < 1.29 is 9.53 Å². The van der Waals surface area contributed by atoms with Crippen LogP contribution in [-0.4, -0.2) is 18.7 Å². The number of rotatable bonds is 2. The van der Waals surface area contributed by atoms with Gasteiger partial charge in [-0.1, -0.05) is 37.1 Å². The number of anilines is 1. The molecule has 0 radical (unpaired) electrons. The first-order valence-corrected chi connectivity index (χ1v) is 10.2. The number of ether oxygens (including phenoxy) is 1. The van der Waals surface area contributed by atoms with Crippen LogP contribution in [0.4, 0.5) is 10.5 Å². The lowest BCUT2D eigenvalue weighted by molar-refractivity contribution is 0.0795. The smallest absolute Gasteiger partial charge is 0.410 e. The van der Waals surface area contributed by atoms with Gasteiger partial charge >= 0.3 is 6.09 Å². The van der Waals surface area contributed by atoms with Gasteiger partial charge in [0.1, 0.15) is 5.75 Å². The summed E-state index contributed by atoms with van der Waals surface area (Å²) in [5.41, 5.74) is 3.89. The third kappa shape index (κ3) is 3.29. The van der Waals surface area contributed by atoms with Crippen molar-refractivity contribution in [3.63, 3.8) is 0 Å². The lowest BCUT2D eigenvalue weighted by atomic mass is 9.53. The maximum Gasteiger partial charge on any atom is 0.417 e. The predicted molar refractivity (Wildman–Crippen MR) is 114 cm³/mol. The number of amides is 1. The first-order valence-electron chi connectivity index (χ1n) is 10.2. The van der Waals surface area contributed by atoms with Gasteiger partial charge in [-0.2, -0.15) is 0 Å². The van der Waals surface area contributed by atoms with Gasteiger partial charge in [0.25, 0.3) is 0 Å². The van der Waals surface area contributed by atoms with Gasteiger partial charge in [-0.3, -0.25) is 5.32 Å². The molecule has 4 nitrogen and oxygen atoms in total. The zero-order valence-electron chi connectivity index (χ0n) is 15.9. The number of benzene rings is 2. The Balaban J connectivity index is 0.00000192. The van der Waals surface area contributed by atoms with Crippen LogP contribution in [0.3, 0.4) is 0 Å². The van der Waals surface area contributed by atoms with E-state index in [-0.39, 0.29) is 17.8 Å². The molecular formula is C23H27ClN2O2. The summed E-state index contributed by atoms with van der Waals surface area (Å²) in [4.78, 5) is 12.3. The Morgan fingerprint density at radius 2 is 1.96 bits per heavy atom. The predicted octanol–water partition coefficient (Wildman–Crippen LogP) is 5.07.